The van der Waals surface area contributed by atoms with E-state index in [2.05, 4.69) is 47.8 Å². The van der Waals surface area contributed by atoms with E-state index in [1.165, 1.54) is 24.3 Å². The first-order valence-electron chi connectivity index (χ1n) is 6.26. The molecular formula is C14H8Br3NO5S. The largest absolute Gasteiger partial charge is 0.423 e. The third-order valence-electron chi connectivity index (χ3n) is 2.74. The lowest BCUT2D eigenvalue weighted by atomic mass is 10.3. The van der Waals surface area contributed by atoms with E-state index in [1.807, 2.05) is 0 Å². The molecule has 6 nitrogen and oxygen atoms in total. The Balaban J connectivity index is 2.16. The van der Waals surface area contributed by atoms with Crippen LogP contribution in [0.4, 0.5) is 5.69 Å². The Hall–Kier alpha value is -1.10. The Morgan fingerprint density at radius 3 is 2.33 bits per heavy atom. The number of benzene rings is 2. The number of hydrogen-bond donors (Lipinski definition) is 0. The molecule has 1 atom stereocenters. The van der Waals surface area contributed by atoms with Crippen LogP contribution in [0.1, 0.15) is 0 Å². The van der Waals surface area contributed by atoms with E-state index in [-0.39, 0.29) is 16.3 Å². The van der Waals surface area contributed by atoms with Gasteiger partial charge in [-0.15, -0.1) is 0 Å². The number of nitro benzene ring substituents is 1. The molecule has 2 rings (SSSR count). The lowest BCUT2D eigenvalue weighted by molar-refractivity contribution is -0.387. The molecule has 0 aliphatic heterocycles. The number of nitro groups is 1. The molecule has 0 heterocycles. The molecule has 0 bridgehead atoms. The van der Waals surface area contributed by atoms with Crippen LogP contribution in [0.25, 0.3) is 0 Å². The number of carbonyl (C=O) groups is 1. The molecule has 0 saturated carbocycles. The normalized spacial score (nSPS) is 11.8. The first-order valence-corrected chi connectivity index (χ1v) is 9.96. The van der Waals surface area contributed by atoms with Crippen LogP contribution >= 0.6 is 47.8 Å². The molecule has 0 aromatic heterocycles. The lowest BCUT2D eigenvalue weighted by Crippen LogP contribution is -2.18. The van der Waals surface area contributed by atoms with Crippen LogP contribution in [0, 0.1) is 10.1 Å². The highest BCUT2D eigenvalue weighted by atomic mass is 79.9. The smallest absolute Gasteiger partial charge is 0.324 e. The Labute approximate surface area is 164 Å². The summed E-state index contributed by atoms with van der Waals surface area (Å²) in [4.78, 5) is 22.3. The second kappa shape index (κ2) is 8.32. The molecule has 126 valence electrons. The number of carbonyl (C=O) groups excluding carboxylic acids is 1. The van der Waals surface area contributed by atoms with Crippen LogP contribution in [-0.2, 0) is 15.6 Å². The summed E-state index contributed by atoms with van der Waals surface area (Å²) in [5, 5.41) is 11.0. The molecule has 10 heteroatoms. The van der Waals surface area contributed by atoms with Crippen LogP contribution in [0.5, 0.6) is 5.75 Å². The number of rotatable bonds is 5. The highest BCUT2D eigenvalue weighted by Gasteiger charge is 2.22. The fraction of sp³-hybridized carbons (Fsp3) is 0.0714. The van der Waals surface area contributed by atoms with Crippen molar-refractivity contribution in [2.75, 3.05) is 5.75 Å². The fourth-order valence-electron chi connectivity index (χ4n) is 1.76. The maximum atomic E-state index is 12.3. The summed E-state index contributed by atoms with van der Waals surface area (Å²) in [6.45, 7) is 0. The molecule has 0 spiro atoms. The standard InChI is InChI=1S/C14H8Br3NO5S/c15-8-5-9(16)14(10(17)6-8)23-13(19)7-24(22)12-4-2-1-3-11(12)18(20)21/h1-6H,7H2. The van der Waals surface area contributed by atoms with Gasteiger partial charge in [-0.1, -0.05) is 28.1 Å². The van der Waals surface area contributed by atoms with Gasteiger partial charge in [-0.25, -0.2) is 0 Å². The minimum atomic E-state index is -1.89. The molecule has 1 unspecified atom stereocenters. The van der Waals surface area contributed by atoms with Gasteiger partial charge in [0.05, 0.1) is 24.7 Å². The van der Waals surface area contributed by atoms with Gasteiger partial charge < -0.3 is 4.74 Å². The zero-order valence-electron chi connectivity index (χ0n) is 11.7. The second-order valence-electron chi connectivity index (χ2n) is 4.39. The summed E-state index contributed by atoms with van der Waals surface area (Å²) in [6, 6.07) is 8.95. The van der Waals surface area contributed by atoms with Crippen LogP contribution in [0.3, 0.4) is 0 Å². The predicted octanol–water partition coefficient (Wildman–Crippen LogP) is 4.60. The number of nitrogens with zero attached hydrogens (tertiary/aromatic N) is 1. The molecule has 0 saturated heterocycles. The Morgan fingerprint density at radius 2 is 1.75 bits per heavy atom. The van der Waals surface area contributed by atoms with Crippen molar-refractivity contribution in [3.63, 3.8) is 0 Å². The van der Waals surface area contributed by atoms with E-state index in [9.17, 15) is 19.1 Å². The van der Waals surface area contributed by atoms with Crippen molar-refractivity contribution in [3.8, 4) is 5.75 Å². The summed E-state index contributed by atoms with van der Waals surface area (Å²) in [5.74, 6) is -1.03. The van der Waals surface area contributed by atoms with E-state index in [0.717, 1.165) is 4.47 Å². The average molecular weight is 542 g/mol. The quantitative estimate of drug-likeness (QED) is 0.239. The molecule has 2 aromatic carbocycles. The second-order valence-corrected chi connectivity index (χ2v) is 8.43. The van der Waals surface area contributed by atoms with Gasteiger partial charge in [-0.05, 0) is 50.1 Å². The molecule has 0 fully saturated rings. The third-order valence-corrected chi connectivity index (χ3v) is 5.70. The highest BCUT2D eigenvalue weighted by molar-refractivity contribution is 9.11. The van der Waals surface area contributed by atoms with Gasteiger partial charge in [0.15, 0.2) is 5.75 Å². The van der Waals surface area contributed by atoms with Gasteiger partial charge in [-0.3, -0.25) is 19.1 Å². The van der Waals surface area contributed by atoms with Crippen molar-refractivity contribution in [1.29, 1.82) is 0 Å². The molecule has 24 heavy (non-hydrogen) atoms. The fourth-order valence-corrected chi connectivity index (χ4v) is 5.21. The third kappa shape index (κ3) is 4.71. The number of hydrogen-bond acceptors (Lipinski definition) is 5. The number of ether oxygens (including phenoxy) is 1. The average Bonchev–Trinajstić information content (AvgIpc) is 2.50. The van der Waals surface area contributed by atoms with E-state index in [0.29, 0.717) is 8.95 Å². The Morgan fingerprint density at radius 1 is 1.17 bits per heavy atom. The number of para-hydroxylation sites is 1. The molecular weight excluding hydrogens is 534 g/mol. The van der Waals surface area contributed by atoms with Crippen molar-refractivity contribution >= 4 is 70.2 Å². The summed E-state index contributed by atoms with van der Waals surface area (Å²) < 4.78 is 19.3. The van der Waals surface area contributed by atoms with Gasteiger partial charge in [0.1, 0.15) is 10.6 Å². The van der Waals surface area contributed by atoms with Crippen molar-refractivity contribution < 1.29 is 18.7 Å². The van der Waals surface area contributed by atoms with Gasteiger partial charge in [0.25, 0.3) is 5.69 Å². The summed E-state index contributed by atoms with van der Waals surface area (Å²) in [6.07, 6.45) is 0. The van der Waals surface area contributed by atoms with Gasteiger partial charge in [-0.2, -0.15) is 0 Å². The van der Waals surface area contributed by atoms with Crippen molar-refractivity contribution in [1.82, 2.24) is 0 Å². The Kier molecular flexibility index (Phi) is 6.67. The predicted molar refractivity (Wildman–Crippen MR) is 99.5 cm³/mol. The minimum absolute atomic E-state index is 0.0200. The highest BCUT2D eigenvalue weighted by Crippen LogP contribution is 2.36. The maximum Gasteiger partial charge on any atom is 0.324 e. The van der Waals surface area contributed by atoms with Crippen molar-refractivity contribution in [3.05, 3.63) is 59.9 Å². The molecule has 0 aliphatic carbocycles. The molecule has 0 aliphatic rings. The summed E-state index contributed by atoms with van der Waals surface area (Å²) in [7, 11) is -1.89. The van der Waals surface area contributed by atoms with Gasteiger partial charge in [0, 0.05) is 10.5 Å². The lowest BCUT2D eigenvalue weighted by Gasteiger charge is -2.09. The zero-order valence-corrected chi connectivity index (χ0v) is 17.3. The van der Waals surface area contributed by atoms with Crippen LogP contribution in [-0.4, -0.2) is 20.9 Å². The molecule has 0 radical (unpaired) electrons. The first kappa shape index (κ1) is 19.2. The van der Waals surface area contributed by atoms with Crippen LogP contribution in [0.15, 0.2) is 54.7 Å². The maximum absolute atomic E-state index is 12.3. The summed E-state index contributed by atoms with van der Waals surface area (Å²) in [5.41, 5.74) is -0.297. The van der Waals surface area contributed by atoms with E-state index >= 15 is 0 Å². The molecule has 0 amide bonds. The minimum Gasteiger partial charge on any atom is -0.423 e. The monoisotopic (exact) mass is 539 g/mol. The van der Waals surface area contributed by atoms with Gasteiger partial charge >= 0.3 is 5.97 Å². The van der Waals surface area contributed by atoms with Crippen LogP contribution < -0.4 is 4.74 Å². The van der Waals surface area contributed by atoms with Crippen molar-refractivity contribution in [2.24, 2.45) is 0 Å². The summed E-state index contributed by atoms with van der Waals surface area (Å²) >= 11 is 9.82. The molecule has 0 N–H and O–H groups in total. The zero-order chi connectivity index (χ0) is 17.9. The SMILES string of the molecule is O=C(CS(=O)c1ccccc1[N+](=O)[O-])Oc1c(Br)cc(Br)cc1Br. The topological polar surface area (TPSA) is 86.5 Å². The van der Waals surface area contributed by atoms with Crippen molar-refractivity contribution in [2.45, 2.75) is 4.90 Å². The van der Waals surface area contributed by atoms with E-state index in [1.54, 1.807) is 12.1 Å². The van der Waals surface area contributed by atoms with E-state index in [4.69, 9.17) is 4.74 Å². The van der Waals surface area contributed by atoms with Crippen LogP contribution in [0.2, 0.25) is 0 Å². The molecule has 2 aromatic rings. The first-order chi connectivity index (χ1) is 11.3. The number of halogens is 3. The van der Waals surface area contributed by atoms with Gasteiger partial charge in [0.2, 0.25) is 0 Å². The Bertz CT molecular complexity index is 820. The number of esters is 1. The van der Waals surface area contributed by atoms with E-state index < -0.39 is 27.4 Å².